The predicted octanol–water partition coefficient (Wildman–Crippen LogP) is 0.806. The maximum atomic E-state index is 10.9. The van der Waals surface area contributed by atoms with Crippen LogP contribution in [0, 0.1) is 0 Å². The summed E-state index contributed by atoms with van der Waals surface area (Å²) in [5.41, 5.74) is -1.24. The van der Waals surface area contributed by atoms with Crippen LogP contribution in [-0.4, -0.2) is 41.5 Å². The molecule has 0 bridgehead atoms. The molecule has 17 heavy (non-hydrogen) atoms. The zero-order chi connectivity index (χ0) is 13.2. The summed E-state index contributed by atoms with van der Waals surface area (Å²) in [5, 5.41) is 27.4. The molecule has 0 aliphatic rings. The molecule has 0 atom stereocenters. The molecule has 7 nitrogen and oxygen atoms in total. The van der Waals surface area contributed by atoms with Crippen molar-refractivity contribution in [3.05, 3.63) is 17.2 Å². The number of aromatic carboxylic acids is 2. The van der Waals surface area contributed by atoms with E-state index in [0.29, 0.717) is 0 Å². The molecule has 0 heterocycles. The van der Waals surface area contributed by atoms with Gasteiger partial charge in [0.05, 0.1) is 14.2 Å². The molecular formula is C10H10O7. The standard InChI is InChI=1S/C10H10O7/c1-16-4-3-5(17-2)7(10(14)15)8(11)6(4)9(12)13/h3,11H,1-2H3,(H,12,13)(H,14,15). The number of aromatic hydroxyl groups is 1. The number of rotatable bonds is 4. The van der Waals surface area contributed by atoms with E-state index in [1.54, 1.807) is 0 Å². The van der Waals surface area contributed by atoms with Gasteiger partial charge < -0.3 is 24.8 Å². The van der Waals surface area contributed by atoms with E-state index in [-0.39, 0.29) is 11.5 Å². The molecular weight excluding hydrogens is 232 g/mol. The van der Waals surface area contributed by atoms with Gasteiger partial charge in [-0.3, -0.25) is 0 Å². The summed E-state index contributed by atoms with van der Waals surface area (Å²) in [6.45, 7) is 0. The van der Waals surface area contributed by atoms with Crippen molar-refractivity contribution in [1.29, 1.82) is 0 Å². The lowest BCUT2D eigenvalue weighted by atomic mass is 10.1. The average Bonchev–Trinajstić information content (AvgIpc) is 2.26. The lowest BCUT2D eigenvalue weighted by Crippen LogP contribution is -2.08. The van der Waals surface area contributed by atoms with Crippen LogP contribution < -0.4 is 9.47 Å². The number of carboxylic acids is 2. The van der Waals surface area contributed by atoms with Gasteiger partial charge in [-0.25, -0.2) is 9.59 Å². The van der Waals surface area contributed by atoms with Crippen LogP contribution in [0.1, 0.15) is 20.7 Å². The Balaban J connectivity index is 3.67. The monoisotopic (exact) mass is 242 g/mol. The van der Waals surface area contributed by atoms with Crippen molar-refractivity contribution in [1.82, 2.24) is 0 Å². The van der Waals surface area contributed by atoms with E-state index in [1.165, 1.54) is 14.2 Å². The maximum Gasteiger partial charge on any atom is 0.343 e. The number of methoxy groups -OCH3 is 2. The molecule has 0 saturated carbocycles. The zero-order valence-corrected chi connectivity index (χ0v) is 9.05. The number of carboxylic acid groups (broad SMARTS) is 2. The van der Waals surface area contributed by atoms with E-state index >= 15 is 0 Å². The van der Waals surface area contributed by atoms with Gasteiger partial charge in [0.25, 0.3) is 0 Å². The van der Waals surface area contributed by atoms with Crippen molar-refractivity contribution in [2.45, 2.75) is 0 Å². The molecule has 0 fully saturated rings. The first-order valence-electron chi connectivity index (χ1n) is 4.38. The Hall–Kier alpha value is -2.44. The Kier molecular flexibility index (Phi) is 3.42. The molecule has 0 aliphatic carbocycles. The first-order chi connectivity index (χ1) is 7.93. The van der Waals surface area contributed by atoms with Crippen LogP contribution in [-0.2, 0) is 0 Å². The van der Waals surface area contributed by atoms with Crippen LogP contribution >= 0.6 is 0 Å². The lowest BCUT2D eigenvalue weighted by Gasteiger charge is -2.12. The van der Waals surface area contributed by atoms with Crippen LogP contribution in [0.2, 0.25) is 0 Å². The highest BCUT2D eigenvalue weighted by Crippen LogP contribution is 2.38. The molecule has 0 saturated heterocycles. The lowest BCUT2D eigenvalue weighted by molar-refractivity contribution is 0.0687. The van der Waals surface area contributed by atoms with E-state index < -0.39 is 28.8 Å². The average molecular weight is 242 g/mol. The Labute approximate surface area is 95.8 Å². The zero-order valence-electron chi connectivity index (χ0n) is 9.05. The summed E-state index contributed by atoms with van der Waals surface area (Å²) in [6, 6.07) is 1.09. The number of carbonyl (C=O) groups is 2. The molecule has 0 spiro atoms. The number of ether oxygens (including phenoxy) is 2. The summed E-state index contributed by atoms with van der Waals surface area (Å²) in [7, 11) is 2.39. The fourth-order valence-electron chi connectivity index (χ4n) is 1.36. The highest BCUT2D eigenvalue weighted by atomic mass is 16.5. The quantitative estimate of drug-likeness (QED) is 0.715. The minimum Gasteiger partial charge on any atom is -0.506 e. The van der Waals surface area contributed by atoms with Crippen molar-refractivity contribution >= 4 is 11.9 Å². The topological polar surface area (TPSA) is 113 Å². The second-order valence-corrected chi connectivity index (χ2v) is 2.99. The first-order valence-corrected chi connectivity index (χ1v) is 4.38. The third-order valence-electron chi connectivity index (χ3n) is 2.10. The maximum absolute atomic E-state index is 10.9. The van der Waals surface area contributed by atoms with Gasteiger partial charge in [0.2, 0.25) is 0 Å². The summed E-state index contributed by atoms with van der Waals surface area (Å²) in [5.74, 6) is -4.26. The van der Waals surface area contributed by atoms with Gasteiger partial charge in [0.1, 0.15) is 22.6 Å². The van der Waals surface area contributed by atoms with Crippen LogP contribution in [0.25, 0.3) is 0 Å². The number of hydrogen-bond acceptors (Lipinski definition) is 5. The fraction of sp³-hybridized carbons (Fsp3) is 0.200. The molecule has 0 amide bonds. The minimum atomic E-state index is -1.50. The largest absolute Gasteiger partial charge is 0.506 e. The van der Waals surface area contributed by atoms with Crippen molar-refractivity contribution in [3.63, 3.8) is 0 Å². The predicted molar refractivity (Wildman–Crippen MR) is 55.1 cm³/mol. The minimum absolute atomic E-state index is 0.183. The summed E-state index contributed by atoms with van der Waals surface area (Å²) in [4.78, 5) is 21.8. The van der Waals surface area contributed by atoms with E-state index in [2.05, 4.69) is 0 Å². The normalized spacial score (nSPS) is 9.76. The Bertz CT molecular complexity index is 438. The number of hydrogen-bond donors (Lipinski definition) is 3. The van der Waals surface area contributed by atoms with Gasteiger partial charge in [-0.05, 0) is 0 Å². The molecule has 1 aromatic rings. The smallest absolute Gasteiger partial charge is 0.343 e. The molecule has 0 radical (unpaired) electrons. The molecule has 0 unspecified atom stereocenters. The van der Waals surface area contributed by atoms with Gasteiger partial charge >= 0.3 is 11.9 Å². The van der Waals surface area contributed by atoms with E-state index in [9.17, 15) is 14.7 Å². The van der Waals surface area contributed by atoms with Crippen LogP contribution in [0.4, 0.5) is 0 Å². The third-order valence-corrected chi connectivity index (χ3v) is 2.10. The van der Waals surface area contributed by atoms with Crippen molar-refractivity contribution in [3.8, 4) is 17.2 Å². The van der Waals surface area contributed by atoms with Crippen molar-refractivity contribution < 1.29 is 34.4 Å². The number of benzene rings is 1. The molecule has 0 aliphatic heterocycles. The Morgan fingerprint density at radius 1 is 1.00 bits per heavy atom. The summed E-state index contributed by atoms with van der Waals surface area (Å²) >= 11 is 0. The fourth-order valence-corrected chi connectivity index (χ4v) is 1.36. The Morgan fingerprint density at radius 2 is 1.35 bits per heavy atom. The van der Waals surface area contributed by atoms with E-state index in [0.717, 1.165) is 6.07 Å². The number of phenols is 1. The second-order valence-electron chi connectivity index (χ2n) is 2.99. The molecule has 1 aromatic carbocycles. The van der Waals surface area contributed by atoms with Gasteiger partial charge in [0.15, 0.2) is 5.75 Å². The molecule has 0 aromatic heterocycles. The third kappa shape index (κ3) is 2.07. The highest BCUT2D eigenvalue weighted by molar-refractivity contribution is 6.02. The summed E-state index contributed by atoms with van der Waals surface area (Å²) in [6.07, 6.45) is 0. The highest BCUT2D eigenvalue weighted by Gasteiger charge is 2.27. The molecule has 92 valence electrons. The SMILES string of the molecule is COc1cc(OC)c(C(=O)O)c(O)c1C(=O)O. The second kappa shape index (κ2) is 4.60. The summed E-state index contributed by atoms with van der Waals surface area (Å²) < 4.78 is 9.50. The van der Waals surface area contributed by atoms with Gasteiger partial charge in [-0.15, -0.1) is 0 Å². The van der Waals surface area contributed by atoms with Crippen LogP contribution in [0.5, 0.6) is 17.2 Å². The first kappa shape index (κ1) is 12.6. The van der Waals surface area contributed by atoms with Crippen molar-refractivity contribution in [2.24, 2.45) is 0 Å². The van der Waals surface area contributed by atoms with Crippen molar-refractivity contribution in [2.75, 3.05) is 14.2 Å². The molecule has 3 N–H and O–H groups in total. The Morgan fingerprint density at radius 3 is 1.59 bits per heavy atom. The van der Waals surface area contributed by atoms with Crippen LogP contribution in [0.15, 0.2) is 6.07 Å². The van der Waals surface area contributed by atoms with Gasteiger partial charge in [-0.2, -0.15) is 0 Å². The molecule has 1 rings (SSSR count). The van der Waals surface area contributed by atoms with E-state index in [1.807, 2.05) is 0 Å². The van der Waals surface area contributed by atoms with Gasteiger partial charge in [-0.1, -0.05) is 0 Å². The molecule has 7 heteroatoms. The van der Waals surface area contributed by atoms with Crippen LogP contribution in [0.3, 0.4) is 0 Å². The van der Waals surface area contributed by atoms with E-state index in [4.69, 9.17) is 19.7 Å². The van der Waals surface area contributed by atoms with Gasteiger partial charge in [0, 0.05) is 6.07 Å².